The van der Waals surface area contributed by atoms with Crippen molar-refractivity contribution in [2.75, 3.05) is 46.5 Å². The molecule has 0 aliphatic carbocycles. The monoisotopic (exact) mass is 571 g/mol. The van der Waals surface area contributed by atoms with Crippen molar-refractivity contribution in [2.24, 2.45) is 4.99 Å². The van der Waals surface area contributed by atoms with Gasteiger partial charge in [-0.3, -0.25) is 4.90 Å². The van der Waals surface area contributed by atoms with E-state index in [2.05, 4.69) is 51.1 Å². The number of guanidine groups is 1. The van der Waals surface area contributed by atoms with E-state index in [9.17, 15) is 0 Å². The van der Waals surface area contributed by atoms with Crippen LogP contribution in [0.3, 0.4) is 0 Å². The summed E-state index contributed by atoms with van der Waals surface area (Å²) < 4.78 is 12.8. The van der Waals surface area contributed by atoms with Crippen LogP contribution in [-0.4, -0.2) is 77.7 Å². The maximum absolute atomic E-state index is 5.51. The highest BCUT2D eigenvalue weighted by molar-refractivity contribution is 14.0. The lowest BCUT2D eigenvalue weighted by atomic mass is 10.0. The Labute approximate surface area is 214 Å². The van der Waals surface area contributed by atoms with Gasteiger partial charge in [0.25, 0.3) is 0 Å². The van der Waals surface area contributed by atoms with E-state index in [1.807, 2.05) is 24.3 Å². The summed E-state index contributed by atoms with van der Waals surface area (Å²) in [6.07, 6.45) is 2.65. The molecule has 1 saturated heterocycles. The van der Waals surface area contributed by atoms with Crippen LogP contribution in [0.25, 0.3) is 0 Å². The fraction of sp³-hybridized carbons (Fsp3) is 0.609. The molecular weight excluding hydrogens is 533 g/mol. The number of aryl methyl sites for hydroxylation is 1. The number of methoxy groups -OCH3 is 1. The van der Waals surface area contributed by atoms with Gasteiger partial charge in [0.1, 0.15) is 17.9 Å². The molecule has 0 bridgehead atoms. The molecule has 33 heavy (non-hydrogen) atoms. The standard InChI is InChI=1S/C23H37N7O2.HI/c1-5-21-28-27-18-29(21)11-10-24-22(25-16-19-6-8-20(31-4)9-7-19)26-17-23(2,3)30-12-14-32-15-13-30;/h6-9,18H,5,10-17H2,1-4H3,(H2,24,25,26);1H. The van der Waals surface area contributed by atoms with Gasteiger partial charge in [0.15, 0.2) is 5.96 Å². The van der Waals surface area contributed by atoms with Crippen LogP contribution in [0, 0.1) is 0 Å². The molecule has 184 valence electrons. The fourth-order valence-electron chi connectivity index (χ4n) is 3.69. The highest BCUT2D eigenvalue weighted by Crippen LogP contribution is 2.15. The zero-order chi connectivity index (χ0) is 22.8. The number of hydrogen-bond acceptors (Lipinski definition) is 6. The van der Waals surface area contributed by atoms with Crippen LogP contribution in [0.4, 0.5) is 0 Å². The third-order valence-electron chi connectivity index (χ3n) is 5.79. The summed E-state index contributed by atoms with van der Waals surface area (Å²) in [4.78, 5) is 7.30. The summed E-state index contributed by atoms with van der Waals surface area (Å²) >= 11 is 0. The lowest BCUT2D eigenvalue weighted by Gasteiger charge is -2.41. The number of aliphatic imine (C=N–C) groups is 1. The fourth-order valence-corrected chi connectivity index (χ4v) is 3.69. The Morgan fingerprint density at radius 1 is 1.18 bits per heavy atom. The number of hydrogen-bond donors (Lipinski definition) is 2. The number of nitrogens with one attached hydrogen (secondary N) is 2. The summed E-state index contributed by atoms with van der Waals surface area (Å²) in [6.45, 7) is 13.0. The van der Waals surface area contributed by atoms with Crippen LogP contribution in [0.2, 0.25) is 0 Å². The molecule has 9 nitrogen and oxygen atoms in total. The van der Waals surface area contributed by atoms with Crippen LogP contribution >= 0.6 is 24.0 Å². The largest absolute Gasteiger partial charge is 0.497 e. The molecule has 0 amide bonds. The summed E-state index contributed by atoms with van der Waals surface area (Å²) in [6, 6.07) is 8.01. The van der Waals surface area contributed by atoms with Gasteiger partial charge in [0, 0.05) is 44.7 Å². The van der Waals surface area contributed by atoms with E-state index in [1.54, 1.807) is 13.4 Å². The van der Waals surface area contributed by atoms with Crippen LogP contribution in [0.5, 0.6) is 5.75 Å². The summed E-state index contributed by atoms with van der Waals surface area (Å²) in [5.41, 5.74) is 1.13. The maximum Gasteiger partial charge on any atom is 0.191 e. The topological polar surface area (TPSA) is 88.8 Å². The molecule has 0 spiro atoms. The van der Waals surface area contributed by atoms with Crippen LogP contribution in [0.1, 0.15) is 32.2 Å². The van der Waals surface area contributed by atoms with Gasteiger partial charge in [0.05, 0.1) is 26.9 Å². The Hall–Kier alpha value is -1.92. The smallest absolute Gasteiger partial charge is 0.191 e. The van der Waals surface area contributed by atoms with Gasteiger partial charge in [-0.2, -0.15) is 0 Å². The second kappa shape index (κ2) is 13.7. The van der Waals surface area contributed by atoms with Crippen LogP contribution in [0.15, 0.2) is 35.6 Å². The van der Waals surface area contributed by atoms with Crippen molar-refractivity contribution in [3.8, 4) is 5.75 Å². The quantitative estimate of drug-likeness (QED) is 0.257. The number of rotatable bonds is 10. The van der Waals surface area contributed by atoms with Crippen molar-refractivity contribution >= 4 is 29.9 Å². The molecule has 0 unspecified atom stereocenters. The van der Waals surface area contributed by atoms with Crippen molar-refractivity contribution in [1.29, 1.82) is 0 Å². The van der Waals surface area contributed by atoms with Gasteiger partial charge in [-0.1, -0.05) is 19.1 Å². The third-order valence-corrected chi connectivity index (χ3v) is 5.79. The molecule has 3 rings (SSSR count). The summed E-state index contributed by atoms with van der Waals surface area (Å²) in [7, 11) is 1.68. The molecule has 1 aliphatic rings. The minimum atomic E-state index is -0.00398. The van der Waals surface area contributed by atoms with Gasteiger partial charge in [0.2, 0.25) is 0 Å². The molecule has 2 aromatic rings. The SMILES string of the molecule is CCc1nncn1CCNC(=NCc1ccc(OC)cc1)NCC(C)(C)N1CCOCC1.I. The second-order valence-electron chi connectivity index (χ2n) is 8.50. The Kier molecular flexibility index (Phi) is 11.3. The van der Waals surface area contributed by atoms with E-state index in [1.165, 1.54) is 0 Å². The predicted octanol–water partition coefficient (Wildman–Crippen LogP) is 2.31. The van der Waals surface area contributed by atoms with E-state index in [4.69, 9.17) is 14.5 Å². The van der Waals surface area contributed by atoms with Crippen molar-refractivity contribution in [1.82, 2.24) is 30.3 Å². The molecule has 2 heterocycles. The van der Waals surface area contributed by atoms with Gasteiger partial charge in [-0.05, 0) is 31.5 Å². The molecule has 0 radical (unpaired) electrons. The van der Waals surface area contributed by atoms with Crippen molar-refractivity contribution in [2.45, 2.75) is 45.8 Å². The molecule has 1 aromatic carbocycles. The highest BCUT2D eigenvalue weighted by atomic mass is 127. The van der Waals surface area contributed by atoms with Crippen molar-refractivity contribution in [3.63, 3.8) is 0 Å². The molecule has 0 saturated carbocycles. The van der Waals surface area contributed by atoms with Gasteiger partial charge in [-0.15, -0.1) is 34.2 Å². The number of aromatic nitrogens is 3. The van der Waals surface area contributed by atoms with Crippen LogP contribution < -0.4 is 15.4 Å². The van der Waals surface area contributed by atoms with Gasteiger partial charge < -0.3 is 24.7 Å². The minimum absolute atomic E-state index is 0. The van der Waals surface area contributed by atoms with Crippen LogP contribution in [-0.2, 0) is 24.2 Å². The lowest BCUT2D eigenvalue weighted by molar-refractivity contribution is -0.00834. The first-order valence-corrected chi connectivity index (χ1v) is 11.4. The predicted molar refractivity (Wildman–Crippen MR) is 141 cm³/mol. The number of halogens is 1. The second-order valence-corrected chi connectivity index (χ2v) is 8.50. The number of morpholine rings is 1. The molecule has 1 fully saturated rings. The van der Waals surface area contributed by atoms with E-state index < -0.39 is 0 Å². The zero-order valence-electron chi connectivity index (χ0n) is 20.2. The van der Waals surface area contributed by atoms with E-state index in [0.29, 0.717) is 6.54 Å². The Balaban J connectivity index is 0.00000385. The average Bonchev–Trinajstić information content (AvgIpc) is 3.29. The summed E-state index contributed by atoms with van der Waals surface area (Å²) in [5, 5.41) is 15.2. The number of benzene rings is 1. The lowest BCUT2D eigenvalue weighted by Crippen LogP contribution is -2.56. The van der Waals surface area contributed by atoms with E-state index in [0.717, 1.165) is 75.5 Å². The molecular formula is C23H38IN7O2. The number of ether oxygens (including phenoxy) is 2. The minimum Gasteiger partial charge on any atom is -0.497 e. The average molecular weight is 572 g/mol. The maximum atomic E-state index is 5.51. The molecule has 1 aliphatic heterocycles. The molecule has 2 N–H and O–H groups in total. The Morgan fingerprint density at radius 2 is 1.91 bits per heavy atom. The van der Waals surface area contributed by atoms with Gasteiger partial charge >= 0.3 is 0 Å². The van der Waals surface area contributed by atoms with E-state index >= 15 is 0 Å². The van der Waals surface area contributed by atoms with Crippen molar-refractivity contribution < 1.29 is 9.47 Å². The molecule has 0 atom stereocenters. The summed E-state index contributed by atoms with van der Waals surface area (Å²) in [5.74, 6) is 2.64. The van der Waals surface area contributed by atoms with Crippen molar-refractivity contribution in [3.05, 3.63) is 42.0 Å². The first-order chi connectivity index (χ1) is 15.5. The highest BCUT2D eigenvalue weighted by Gasteiger charge is 2.28. The zero-order valence-corrected chi connectivity index (χ0v) is 22.5. The Morgan fingerprint density at radius 3 is 2.58 bits per heavy atom. The first kappa shape index (κ1) is 27.3. The van der Waals surface area contributed by atoms with Gasteiger partial charge in [-0.25, -0.2) is 4.99 Å². The number of nitrogens with zero attached hydrogens (tertiary/aromatic N) is 5. The molecule has 1 aromatic heterocycles. The molecule has 10 heteroatoms. The van der Waals surface area contributed by atoms with E-state index in [-0.39, 0.29) is 29.5 Å². The normalized spacial score (nSPS) is 15.1. The first-order valence-electron chi connectivity index (χ1n) is 11.4. The third kappa shape index (κ3) is 8.42. The Bertz CT molecular complexity index is 849.